The van der Waals surface area contributed by atoms with Crippen LogP contribution in [0, 0.1) is 0 Å². The molecule has 2 rings (SSSR count). The maximum atomic E-state index is 10.7. The standard InChI is InChI=1S/C11H13ClO4S.Na/c12-10-5-8(7-17(13,14)15)4-9(6-10)11-2-1-3-16-11;/h4-6,11H,1-3,7H2,(H,13,14,15);/q;+1/p-1. The van der Waals surface area contributed by atoms with Gasteiger partial charge >= 0.3 is 29.6 Å². The maximum Gasteiger partial charge on any atom is 1.00 e. The molecular weight excluding hydrogens is 287 g/mol. The second-order valence-electron chi connectivity index (χ2n) is 4.10. The summed E-state index contributed by atoms with van der Waals surface area (Å²) in [5.41, 5.74) is 1.26. The largest absolute Gasteiger partial charge is 1.00 e. The average Bonchev–Trinajstić information content (AvgIpc) is 2.65. The summed E-state index contributed by atoms with van der Waals surface area (Å²) in [5, 5.41) is 0.427. The Morgan fingerprint density at radius 2 is 2.11 bits per heavy atom. The Morgan fingerprint density at radius 3 is 2.67 bits per heavy atom. The Morgan fingerprint density at radius 1 is 1.39 bits per heavy atom. The molecule has 0 aliphatic carbocycles. The fourth-order valence-corrected chi connectivity index (χ4v) is 2.83. The van der Waals surface area contributed by atoms with E-state index in [9.17, 15) is 13.0 Å². The van der Waals surface area contributed by atoms with Gasteiger partial charge in [-0.1, -0.05) is 17.7 Å². The zero-order valence-corrected chi connectivity index (χ0v) is 13.6. The zero-order valence-electron chi connectivity index (χ0n) is 10.1. The summed E-state index contributed by atoms with van der Waals surface area (Å²) in [7, 11) is -4.28. The van der Waals surface area contributed by atoms with Crippen LogP contribution in [0.3, 0.4) is 0 Å². The molecule has 0 N–H and O–H groups in total. The summed E-state index contributed by atoms with van der Waals surface area (Å²) in [6.07, 6.45) is 1.83. The third-order valence-electron chi connectivity index (χ3n) is 2.62. The minimum absolute atomic E-state index is 0. The van der Waals surface area contributed by atoms with Crippen molar-refractivity contribution in [2.45, 2.75) is 24.7 Å². The van der Waals surface area contributed by atoms with Gasteiger partial charge in [-0.3, -0.25) is 0 Å². The molecule has 0 radical (unpaired) electrons. The summed E-state index contributed by atoms with van der Waals surface area (Å²) >= 11 is 5.90. The monoisotopic (exact) mass is 298 g/mol. The van der Waals surface area contributed by atoms with Crippen LogP contribution in [0.1, 0.15) is 30.1 Å². The van der Waals surface area contributed by atoms with Crippen molar-refractivity contribution in [1.82, 2.24) is 0 Å². The van der Waals surface area contributed by atoms with E-state index in [0.717, 1.165) is 18.4 Å². The quantitative estimate of drug-likeness (QED) is 0.543. The molecule has 1 heterocycles. The Bertz CT molecular complexity index is 512. The van der Waals surface area contributed by atoms with Gasteiger partial charge in [-0.25, -0.2) is 8.42 Å². The molecule has 0 bridgehead atoms. The maximum absolute atomic E-state index is 10.7. The first kappa shape index (κ1) is 16.4. The van der Waals surface area contributed by atoms with Crippen molar-refractivity contribution in [2.75, 3.05) is 6.61 Å². The summed E-state index contributed by atoms with van der Waals surface area (Å²) in [6.45, 7) is 0.701. The van der Waals surface area contributed by atoms with Crippen LogP contribution >= 0.6 is 11.6 Å². The van der Waals surface area contributed by atoms with Gasteiger partial charge < -0.3 is 9.29 Å². The van der Waals surface area contributed by atoms with Gasteiger partial charge in [-0.15, -0.1) is 0 Å². The van der Waals surface area contributed by atoms with Crippen LogP contribution in [0.25, 0.3) is 0 Å². The Hall–Kier alpha value is 0.380. The first-order valence-corrected chi connectivity index (χ1v) is 7.24. The second kappa shape index (κ2) is 6.70. The molecule has 1 unspecified atom stereocenters. The van der Waals surface area contributed by atoms with Gasteiger partial charge in [-0.05, 0) is 36.1 Å². The predicted octanol–water partition coefficient (Wildman–Crippen LogP) is -0.759. The van der Waals surface area contributed by atoms with Crippen LogP contribution in [0.15, 0.2) is 18.2 Å². The minimum Gasteiger partial charge on any atom is -0.748 e. The number of rotatable bonds is 3. The molecule has 1 aromatic carbocycles. The van der Waals surface area contributed by atoms with Crippen LogP contribution < -0.4 is 29.6 Å². The summed E-state index contributed by atoms with van der Waals surface area (Å²) in [6, 6.07) is 4.92. The van der Waals surface area contributed by atoms with Gasteiger partial charge in [0.15, 0.2) is 0 Å². The van der Waals surface area contributed by atoms with E-state index >= 15 is 0 Å². The molecule has 0 aromatic heterocycles. The van der Waals surface area contributed by atoms with Gasteiger partial charge in [0.05, 0.1) is 22.0 Å². The Labute approximate surface area is 134 Å². The fourth-order valence-electron chi connectivity index (χ4n) is 1.99. The van der Waals surface area contributed by atoms with Gasteiger partial charge in [0.1, 0.15) is 0 Å². The number of halogens is 1. The van der Waals surface area contributed by atoms with Gasteiger partial charge in [0.25, 0.3) is 0 Å². The molecule has 1 atom stereocenters. The van der Waals surface area contributed by atoms with Crippen LogP contribution in [0.5, 0.6) is 0 Å². The van der Waals surface area contributed by atoms with E-state index < -0.39 is 15.9 Å². The topological polar surface area (TPSA) is 66.4 Å². The molecule has 0 saturated carbocycles. The Kier molecular flexibility index (Phi) is 6.12. The van der Waals surface area contributed by atoms with Crippen molar-refractivity contribution in [3.8, 4) is 0 Å². The first-order chi connectivity index (χ1) is 7.94. The minimum atomic E-state index is -4.28. The first-order valence-electron chi connectivity index (χ1n) is 5.28. The molecule has 0 spiro atoms. The second-order valence-corrected chi connectivity index (χ2v) is 5.94. The van der Waals surface area contributed by atoms with E-state index in [2.05, 4.69) is 0 Å². The normalized spacial score (nSPS) is 19.6. The zero-order chi connectivity index (χ0) is 12.5. The van der Waals surface area contributed by atoms with Gasteiger partial charge in [-0.2, -0.15) is 0 Å². The predicted molar refractivity (Wildman–Crippen MR) is 62.8 cm³/mol. The van der Waals surface area contributed by atoms with E-state index in [0.29, 0.717) is 17.2 Å². The van der Waals surface area contributed by atoms with Crippen molar-refractivity contribution in [2.24, 2.45) is 0 Å². The van der Waals surface area contributed by atoms with Crippen molar-refractivity contribution < 1.29 is 47.3 Å². The number of benzene rings is 1. The van der Waals surface area contributed by atoms with Crippen LogP contribution in [0.2, 0.25) is 5.02 Å². The molecule has 94 valence electrons. The molecule has 1 saturated heterocycles. The van der Waals surface area contributed by atoms with Crippen molar-refractivity contribution >= 4 is 21.7 Å². The van der Waals surface area contributed by atoms with Crippen LogP contribution in [-0.4, -0.2) is 19.6 Å². The number of hydrogen-bond donors (Lipinski definition) is 0. The number of ether oxygens (including phenoxy) is 1. The molecule has 4 nitrogen and oxygen atoms in total. The number of hydrogen-bond acceptors (Lipinski definition) is 4. The summed E-state index contributed by atoms with van der Waals surface area (Å²) < 4.78 is 37.6. The van der Waals surface area contributed by atoms with Gasteiger partial charge in [0, 0.05) is 11.6 Å². The molecule has 1 aliphatic rings. The van der Waals surface area contributed by atoms with E-state index in [1.165, 1.54) is 6.07 Å². The molecular formula is C11H12ClNaO4S. The van der Waals surface area contributed by atoms with Gasteiger partial charge in [0.2, 0.25) is 0 Å². The Balaban J connectivity index is 0.00000162. The van der Waals surface area contributed by atoms with E-state index in [1.807, 2.05) is 0 Å². The summed E-state index contributed by atoms with van der Waals surface area (Å²) in [5.74, 6) is -0.534. The molecule has 18 heavy (non-hydrogen) atoms. The van der Waals surface area contributed by atoms with Crippen molar-refractivity contribution in [1.29, 1.82) is 0 Å². The van der Waals surface area contributed by atoms with E-state index in [-0.39, 0.29) is 35.7 Å². The van der Waals surface area contributed by atoms with Crippen molar-refractivity contribution in [3.63, 3.8) is 0 Å². The average molecular weight is 299 g/mol. The molecule has 1 aromatic rings. The molecule has 1 fully saturated rings. The molecule has 7 heteroatoms. The SMILES string of the molecule is O=S(=O)([O-])Cc1cc(Cl)cc(C2CCCO2)c1.[Na+]. The molecule has 1 aliphatic heterocycles. The fraction of sp³-hybridized carbons (Fsp3) is 0.455. The van der Waals surface area contributed by atoms with Crippen LogP contribution in [0.4, 0.5) is 0 Å². The van der Waals surface area contributed by atoms with E-state index in [4.69, 9.17) is 16.3 Å². The van der Waals surface area contributed by atoms with Crippen LogP contribution in [-0.2, 0) is 20.6 Å². The smallest absolute Gasteiger partial charge is 0.748 e. The van der Waals surface area contributed by atoms with E-state index in [1.54, 1.807) is 12.1 Å². The third-order valence-corrected chi connectivity index (χ3v) is 3.53. The van der Waals surface area contributed by atoms with Crippen molar-refractivity contribution in [3.05, 3.63) is 34.3 Å². The summed E-state index contributed by atoms with van der Waals surface area (Å²) in [4.78, 5) is 0. The third kappa shape index (κ3) is 4.81. The molecule has 0 amide bonds.